The third-order valence-electron chi connectivity index (χ3n) is 5.07. The van der Waals surface area contributed by atoms with Crippen LogP contribution in [0, 0.1) is 34.9 Å². The molecule has 2 aromatic rings. The van der Waals surface area contributed by atoms with Gasteiger partial charge in [0.15, 0.2) is 0 Å². The lowest BCUT2D eigenvalue weighted by Gasteiger charge is -2.18. The topological polar surface area (TPSA) is 106 Å². The Morgan fingerprint density at radius 1 is 1.44 bits per heavy atom. The van der Waals surface area contributed by atoms with Crippen LogP contribution in [0.4, 0.5) is 4.39 Å². The lowest BCUT2D eigenvalue weighted by atomic mass is 9.95. The lowest BCUT2D eigenvalue weighted by molar-refractivity contribution is -0.598. The van der Waals surface area contributed by atoms with Crippen molar-refractivity contribution in [1.82, 2.24) is 10.3 Å². The number of hydrogen-bond donors (Lipinski definition) is 2. The van der Waals surface area contributed by atoms with Crippen LogP contribution in [0.25, 0.3) is 10.9 Å². The van der Waals surface area contributed by atoms with Crippen molar-refractivity contribution in [2.75, 3.05) is 13.1 Å². The fraction of sp³-hybridized carbons (Fsp3) is 0.421. The van der Waals surface area contributed by atoms with E-state index in [1.807, 2.05) is 0 Å². The number of aromatic nitrogens is 1. The van der Waals surface area contributed by atoms with E-state index in [9.17, 15) is 18.9 Å². The predicted molar refractivity (Wildman–Crippen MR) is 96.6 cm³/mol. The summed E-state index contributed by atoms with van der Waals surface area (Å²) in [7, 11) is 0. The molecule has 0 radical (unpaired) electrons. The van der Waals surface area contributed by atoms with Crippen LogP contribution < -0.4 is 10.9 Å². The van der Waals surface area contributed by atoms with Gasteiger partial charge in [-0.3, -0.25) is 9.59 Å². The number of aromatic amines is 1. The Labute approximate surface area is 154 Å². The van der Waals surface area contributed by atoms with Crippen molar-refractivity contribution in [3.63, 3.8) is 0 Å². The van der Waals surface area contributed by atoms with E-state index in [0.717, 1.165) is 4.76 Å². The number of carbonyl (C=O) groups is 1. The van der Waals surface area contributed by atoms with Crippen molar-refractivity contribution in [2.24, 2.45) is 5.92 Å². The Bertz CT molecular complexity index is 1010. The van der Waals surface area contributed by atoms with Gasteiger partial charge in [-0.2, -0.15) is 5.26 Å². The molecule has 0 spiro atoms. The van der Waals surface area contributed by atoms with E-state index in [1.54, 1.807) is 6.92 Å². The van der Waals surface area contributed by atoms with Crippen LogP contribution >= 0.6 is 0 Å². The highest BCUT2D eigenvalue weighted by Crippen LogP contribution is 2.19. The van der Waals surface area contributed by atoms with Gasteiger partial charge in [-0.15, -0.1) is 0 Å². The zero-order valence-electron chi connectivity index (χ0n) is 14.9. The first kappa shape index (κ1) is 18.7. The summed E-state index contributed by atoms with van der Waals surface area (Å²) >= 11 is 0. The first-order valence-electron chi connectivity index (χ1n) is 8.80. The molecule has 0 saturated carbocycles. The van der Waals surface area contributed by atoms with Crippen molar-refractivity contribution in [3.8, 4) is 6.07 Å². The molecule has 27 heavy (non-hydrogen) atoms. The quantitative estimate of drug-likeness (QED) is 0.798. The minimum absolute atomic E-state index is 0.145. The fourth-order valence-electron chi connectivity index (χ4n) is 3.44. The number of piperidine rings is 1. The highest BCUT2D eigenvalue weighted by Gasteiger charge is 2.35. The average Bonchev–Trinajstić information content (AvgIpc) is 2.64. The van der Waals surface area contributed by atoms with Crippen LogP contribution in [0.1, 0.15) is 24.0 Å². The minimum Gasteiger partial charge on any atom is -0.349 e. The van der Waals surface area contributed by atoms with Crippen molar-refractivity contribution in [2.45, 2.75) is 32.2 Å². The first-order chi connectivity index (χ1) is 12.9. The van der Waals surface area contributed by atoms with Crippen LogP contribution in [0.3, 0.4) is 0 Å². The molecule has 1 amide bonds. The van der Waals surface area contributed by atoms with E-state index < -0.39 is 5.82 Å². The zero-order chi connectivity index (χ0) is 19.6. The molecule has 0 aliphatic carbocycles. The minimum atomic E-state index is -0.420. The molecule has 1 saturated heterocycles. The summed E-state index contributed by atoms with van der Waals surface area (Å²) in [4.78, 5) is 39.2. The second-order valence-corrected chi connectivity index (χ2v) is 6.89. The molecular weight excluding hydrogens is 351 g/mol. The van der Waals surface area contributed by atoms with E-state index >= 15 is 0 Å². The third-order valence-corrected chi connectivity index (χ3v) is 5.07. The van der Waals surface area contributed by atoms with Crippen molar-refractivity contribution in [1.29, 1.82) is 5.26 Å². The molecule has 7 nitrogen and oxygen atoms in total. The Morgan fingerprint density at radius 2 is 2.22 bits per heavy atom. The summed E-state index contributed by atoms with van der Waals surface area (Å²) in [6.45, 7) is 1.99. The maximum absolute atomic E-state index is 13.5. The second kappa shape index (κ2) is 7.66. The monoisotopic (exact) mass is 371 g/mol. The SMILES string of the molecule is Cc1c(CC(=O)NCC2CCC(C#N)C[N+]2=O)c(=O)[nH]c2ccc(F)cc12. The van der Waals surface area contributed by atoms with E-state index in [-0.39, 0.29) is 48.5 Å². The van der Waals surface area contributed by atoms with Crippen molar-refractivity contribution < 1.29 is 13.9 Å². The molecule has 3 rings (SSSR count). The number of hydrogen-bond acceptors (Lipinski definition) is 4. The predicted octanol–water partition coefficient (Wildman–Crippen LogP) is 1.72. The van der Waals surface area contributed by atoms with Gasteiger partial charge < -0.3 is 10.3 Å². The number of carbonyl (C=O) groups excluding carboxylic acids is 1. The van der Waals surface area contributed by atoms with Gasteiger partial charge in [0.1, 0.15) is 11.7 Å². The number of aryl methyl sites for hydroxylation is 1. The van der Waals surface area contributed by atoms with E-state index in [4.69, 9.17) is 5.26 Å². The molecule has 0 bridgehead atoms. The van der Waals surface area contributed by atoms with E-state index in [1.165, 1.54) is 18.2 Å². The van der Waals surface area contributed by atoms with Crippen molar-refractivity contribution >= 4 is 16.8 Å². The maximum atomic E-state index is 13.5. The standard InChI is InChI=1S/C19H19FN4O3/c1-11-15-6-13(20)3-5-17(15)23-19(26)16(11)7-18(25)22-9-14-4-2-12(8-21)10-24(14)27/h3,5-6,12,14H,2,4,7,9-10H2,1H3,(H-,22,23,25,26)/p+1. The number of amides is 1. The molecule has 8 heteroatoms. The zero-order valence-corrected chi connectivity index (χ0v) is 14.9. The molecule has 1 fully saturated rings. The molecule has 1 aliphatic heterocycles. The van der Waals surface area contributed by atoms with Gasteiger partial charge in [-0.25, -0.2) is 4.39 Å². The first-order valence-corrected chi connectivity index (χ1v) is 8.80. The molecule has 1 aromatic carbocycles. The Balaban J connectivity index is 1.69. The molecule has 1 aliphatic rings. The fourth-order valence-corrected chi connectivity index (χ4v) is 3.44. The average molecular weight is 371 g/mol. The van der Waals surface area contributed by atoms with Crippen LogP contribution in [-0.2, 0) is 11.2 Å². The number of nitroso groups, excluding NO2 is 1. The summed E-state index contributed by atoms with van der Waals surface area (Å²) in [5.74, 6) is -1.07. The smallest absolute Gasteiger partial charge is 0.252 e. The third kappa shape index (κ3) is 4.03. The number of nitrogens with zero attached hydrogens (tertiary/aromatic N) is 2. The van der Waals surface area contributed by atoms with Gasteiger partial charge in [-0.05, 0) is 37.1 Å². The number of halogens is 1. The molecule has 2 atom stereocenters. The number of nitrogens with one attached hydrogen (secondary N) is 2. The molecule has 2 unspecified atom stereocenters. The van der Waals surface area contributed by atoms with Crippen LogP contribution in [-0.4, -0.2) is 34.8 Å². The van der Waals surface area contributed by atoms with Crippen LogP contribution in [0.2, 0.25) is 0 Å². The van der Waals surface area contributed by atoms with Crippen LogP contribution in [0.5, 0.6) is 0 Å². The summed E-state index contributed by atoms with van der Waals surface area (Å²) in [5.41, 5.74) is 0.960. The second-order valence-electron chi connectivity index (χ2n) is 6.89. The normalized spacial score (nSPS) is 19.7. The Morgan fingerprint density at radius 3 is 2.93 bits per heavy atom. The van der Waals surface area contributed by atoms with Crippen LogP contribution in [0.15, 0.2) is 23.0 Å². The van der Waals surface area contributed by atoms with Gasteiger partial charge in [0.2, 0.25) is 18.5 Å². The lowest BCUT2D eigenvalue weighted by Crippen LogP contribution is -2.43. The molecule has 2 N–H and O–H groups in total. The van der Waals surface area contributed by atoms with Gasteiger partial charge in [0, 0.05) is 32.6 Å². The van der Waals surface area contributed by atoms with Gasteiger partial charge in [0.25, 0.3) is 5.56 Å². The molecule has 1 aromatic heterocycles. The highest BCUT2D eigenvalue weighted by molar-refractivity contribution is 5.85. The summed E-state index contributed by atoms with van der Waals surface area (Å²) < 4.78 is 14.3. The molecule has 140 valence electrons. The van der Waals surface area contributed by atoms with Gasteiger partial charge >= 0.3 is 0 Å². The molecule has 2 heterocycles. The number of nitriles is 1. The van der Waals surface area contributed by atoms with Gasteiger partial charge in [-0.1, -0.05) is 0 Å². The molecular formula is C19H20FN4O3+. The number of fused-ring (bicyclic) bond motifs is 1. The number of H-pyrrole nitrogens is 1. The summed E-state index contributed by atoms with van der Waals surface area (Å²) in [5, 5.41) is 12.1. The van der Waals surface area contributed by atoms with Gasteiger partial charge in [0.05, 0.1) is 19.0 Å². The maximum Gasteiger partial charge on any atom is 0.252 e. The highest BCUT2D eigenvalue weighted by atomic mass is 19.1. The van der Waals surface area contributed by atoms with E-state index in [0.29, 0.717) is 29.3 Å². The van der Waals surface area contributed by atoms with Crippen molar-refractivity contribution in [3.05, 3.63) is 50.4 Å². The number of rotatable bonds is 4. The Hall–Kier alpha value is -3.08. The Kier molecular flexibility index (Phi) is 5.31. The largest absolute Gasteiger partial charge is 0.349 e. The number of benzene rings is 1. The van der Waals surface area contributed by atoms with E-state index in [2.05, 4.69) is 16.4 Å². The summed E-state index contributed by atoms with van der Waals surface area (Å²) in [6.07, 6.45) is 1.02. The number of pyridine rings is 1. The summed E-state index contributed by atoms with van der Waals surface area (Å²) in [6, 6.07) is 5.80.